The van der Waals surface area contributed by atoms with Gasteiger partial charge in [-0.05, 0) is 13.0 Å². The molecule has 2 rings (SSSR count). The molecule has 0 aliphatic rings. The lowest BCUT2D eigenvalue weighted by molar-refractivity contribution is -0.114. The smallest absolute Gasteiger partial charge is 0.244 e. The summed E-state index contributed by atoms with van der Waals surface area (Å²) >= 11 is 1.49. The van der Waals surface area contributed by atoms with E-state index in [4.69, 9.17) is 5.73 Å². The molecule has 1 amide bonds. The third kappa shape index (κ3) is 2.79. The van der Waals surface area contributed by atoms with Crippen LogP contribution in [0.25, 0.3) is 17.3 Å². The lowest BCUT2D eigenvalue weighted by Crippen LogP contribution is -2.11. The average molecular weight is 244 g/mol. The molecule has 0 fully saturated rings. The lowest BCUT2D eigenvalue weighted by Gasteiger charge is -1.94. The number of carbonyl (C=O) groups excluding carboxylic acids is 1. The van der Waals surface area contributed by atoms with E-state index in [-0.39, 0.29) is 0 Å². The van der Waals surface area contributed by atoms with Crippen LogP contribution in [0.5, 0.6) is 0 Å². The van der Waals surface area contributed by atoms with Gasteiger partial charge in [0, 0.05) is 16.5 Å². The molecule has 2 aromatic rings. The molecular formula is C13H12N2OS. The molecule has 0 unspecified atom stereocenters. The van der Waals surface area contributed by atoms with Gasteiger partial charge in [0.05, 0.1) is 5.69 Å². The summed E-state index contributed by atoms with van der Waals surface area (Å²) in [7, 11) is 0. The molecule has 4 heteroatoms. The second kappa shape index (κ2) is 4.93. The molecule has 1 heterocycles. The fourth-order valence-electron chi connectivity index (χ4n) is 1.35. The highest BCUT2D eigenvalue weighted by Gasteiger charge is 2.04. The summed E-state index contributed by atoms with van der Waals surface area (Å²) in [5.41, 5.74) is 7.67. The highest BCUT2D eigenvalue weighted by molar-refractivity contribution is 7.10. The van der Waals surface area contributed by atoms with Gasteiger partial charge >= 0.3 is 0 Å². The van der Waals surface area contributed by atoms with Crippen LogP contribution in [-0.4, -0.2) is 10.9 Å². The highest BCUT2D eigenvalue weighted by Crippen LogP contribution is 2.22. The third-order valence-corrected chi connectivity index (χ3v) is 3.11. The Morgan fingerprint density at radius 2 is 2.06 bits per heavy atom. The Morgan fingerprint density at radius 1 is 1.35 bits per heavy atom. The van der Waals surface area contributed by atoms with Crippen molar-refractivity contribution in [2.75, 3.05) is 0 Å². The second-order valence-corrected chi connectivity index (χ2v) is 4.52. The fourth-order valence-corrected chi connectivity index (χ4v) is 2.17. The predicted molar refractivity (Wildman–Crippen MR) is 70.4 cm³/mol. The first-order chi connectivity index (χ1) is 8.16. The van der Waals surface area contributed by atoms with E-state index in [2.05, 4.69) is 4.98 Å². The van der Waals surface area contributed by atoms with Crippen molar-refractivity contribution in [1.82, 2.24) is 4.98 Å². The van der Waals surface area contributed by atoms with Gasteiger partial charge in [-0.3, -0.25) is 4.79 Å². The minimum atomic E-state index is -0.415. The summed E-state index contributed by atoms with van der Waals surface area (Å²) in [6.07, 6.45) is 1.71. The Hall–Kier alpha value is -1.94. The number of nitrogens with two attached hydrogens (primary N) is 1. The zero-order chi connectivity index (χ0) is 12.3. The van der Waals surface area contributed by atoms with Gasteiger partial charge in [-0.25, -0.2) is 4.98 Å². The number of aromatic nitrogens is 1. The predicted octanol–water partition coefficient (Wildman–Crippen LogP) is 2.70. The molecule has 0 aliphatic heterocycles. The molecule has 0 atom stereocenters. The number of benzene rings is 1. The molecule has 1 aromatic heterocycles. The van der Waals surface area contributed by atoms with Crippen LogP contribution in [0.4, 0.5) is 0 Å². The maximum absolute atomic E-state index is 10.9. The van der Waals surface area contributed by atoms with E-state index >= 15 is 0 Å². The average Bonchev–Trinajstić information content (AvgIpc) is 2.78. The van der Waals surface area contributed by atoms with Gasteiger partial charge in [-0.15, -0.1) is 11.3 Å². The monoisotopic (exact) mass is 244 g/mol. The van der Waals surface area contributed by atoms with Gasteiger partial charge in [0.1, 0.15) is 5.01 Å². The molecule has 0 radical (unpaired) electrons. The van der Waals surface area contributed by atoms with E-state index < -0.39 is 5.91 Å². The summed E-state index contributed by atoms with van der Waals surface area (Å²) in [6.45, 7) is 1.69. The van der Waals surface area contributed by atoms with Crippen LogP contribution in [0.3, 0.4) is 0 Å². The topological polar surface area (TPSA) is 56.0 Å². The quantitative estimate of drug-likeness (QED) is 0.844. The maximum atomic E-state index is 10.9. The van der Waals surface area contributed by atoms with Gasteiger partial charge in [0.25, 0.3) is 0 Å². The number of nitrogens with zero attached hydrogens (tertiary/aromatic N) is 1. The molecule has 0 aliphatic carbocycles. The van der Waals surface area contributed by atoms with Gasteiger partial charge in [0.2, 0.25) is 5.91 Å². The van der Waals surface area contributed by atoms with Crippen LogP contribution in [-0.2, 0) is 4.79 Å². The van der Waals surface area contributed by atoms with Gasteiger partial charge in [-0.2, -0.15) is 0 Å². The molecule has 86 valence electrons. The van der Waals surface area contributed by atoms with Crippen molar-refractivity contribution in [3.63, 3.8) is 0 Å². The van der Waals surface area contributed by atoms with Crippen molar-refractivity contribution in [3.8, 4) is 11.3 Å². The minimum absolute atomic E-state index is 0.415. The second-order valence-electron chi connectivity index (χ2n) is 3.63. The summed E-state index contributed by atoms with van der Waals surface area (Å²) in [6, 6.07) is 9.92. The van der Waals surface area contributed by atoms with E-state index in [1.54, 1.807) is 13.0 Å². The van der Waals surface area contributed by atoms with Crippen molar-refractivity contribution in [1.29, 1.82) is 0 Å². The number of thiazole rings is 1. The molecule has 0 bridgehead atoms. The van der Waals surface area contributed by atoms with Crippen LogP contribution < -0.4 is 5.73 Å². The summed E-state index contributed by atoms with van der Waals surface area (Å²) in [5.74, 6) is -0.415. The van der Waals surface area contributed by atoms with Gasteiger partial charge in [0.15, 0.2) is 0 Å². The SMILES string of the molecule is CC(=Cc1nc(-c2ccccc2)cs1)C(N)=O. The van der Waals surface area contributed by atoms with Gasteiger partial charge < -0.3 is 5.73 Å². The molecule has 3 nitrogen and oxygen atoms in total. The van der Waals surface area contributed by atoms with Crippen LogP contribution in [0.1, 0.15) is 11.9 Å². The molecule has 2 N–H and O–H groups in total. The van der Waals surface area contributed by atoms with Crippen molar-refractivity contribution in [3.05, 3.63) is 46.3 Å². The van der Waals surface area contributed by atoms with E-state index in [1.807, 2.05) is 35.7 Å². The van der Waals surface area contributed by atoms with E-state index in [0.29, 0.717) is 5.57 Å². The first-order valence-corrected chi connectivity index (χ1v) is 6.04. The van der Waals surface area contributed by atoms with E-state index in [9.17, 15) is 4.79 Å². The number of rotatable bonds is 3. The number of amides is 1. The molecule has 1 aromatic carbocycles. The third-order valence-electron chi connectivity index (χ3n) is 2.32. The molecular weight excluding hydrogens is 232 g/mol. The van der Waals surface area contributed by atoms with Crippen LogP contribution in [0, 0.1) is 0 Å². The first kappa shape index (κ1) is 11.5. The zero-order valence-corrected chi connectivity index (χ0v) is 10.2. The Labute approximate surface area is 104 Å². The summed E-state index contributed by atoms with van der Waals surface area (Å²) < 4.78 is 0. The Kier molecular flexibility index (Phi) is 3.35. The van der Waals surface area contributed by atoms with Crippen LogP contribution in [0.15, 0.2) is 41.3 Å². The zero-order valence-electron chi connectivity index (χ0n) is 9.38. The number of carbonyl (C=O) groups is 1. The standard InChI is InChI=1S/C13H12N2OS/c1-9(13(14)16)7-12-15-11(8-17-12)10-5-3-2-4-6-10/h2-8H,1H3,(H2,14,16). The normalized spacial score (nSPS) is 11.5. The van der Waals surface area contributed by atoms with Gasteiger partial charge in [-0.1, -0.05) is 30.3 Å². The molecule has 0 spiro atoms. The number of hydrogen-bond donors (Lipinski definition) is 1. The summed E-state index contributed by atoms with van der Waals surface area (Å²) in [5, 5.41) is 2.76. The van der Waals surface area contributed by atoms with Crippen molar-refractivity contribution < 1.29 is 4.79 Å². The fraction of sp³-hybridized carbons (Fsp3) is 0.0769. The van der Waals surface area contributed by atoms with E-state index in [0.717, 1.165) is 16.3 Å². The minimum Gasteiger partial charge on any atom is -0.366 e. The van der Waals surface area contributed by atoms with Crippen molar-refractivity contribution >= 4 is 23.3 Å². The van der Waals surface area contributed by atoms with Crippen LogP contribution >= 0.6 is 11.3 Å². The van der Waals surface area contributed by atoms with Crippen molar-refractivity contribution in [2.45, 2.75) is 6.92 Å². The first-order valence-electron chi connectivity index (χ1n) is 5.16. The number of primary amides is 1. The largest absolute Gasteiger partial charge is 0.366 e. The Bertz CT molecular complexity index is 558. The molecule has 0 saturated heterocycles. The van der Waals surface area contributed by atoms with E-state index in [1.165, 1.54) is 11.3 Å². The molecule has 0 saturated carbocycles. The van der Waals surface area contributed by atoms with Crippen molar-refractivity contribution in [2.24, 2.45) is 5.73 Å². The Balaban J connectivity index is 2.29. The highest BCUT2D eigenvalue weighted by atomic mass is 32.1. The maximum Gasteiger partial charge on any atom is 0.244 e. The molecule has 17 heavy (non-hydrogen) atoms. The summed E-state index contributed by atoms with van der Waals surface area (Å²) in [4.78, 5) is 15.3. The van der Waals surface area contributed by atoms with Crippen LogP contribution in [0.2, 0.25) is 0 Å². The number of hydrogen-bond acceptors (Lipinski definition) is 3. The lowest BCUT2D eigenvalue weighted by atomic mass is 10.2. The Morgan fingerprint density at radius 3 is 2.71 bits per heavy atom.